The number of nitrogens with one attached hydrogen (secondary N) is 1. The minimum absolute atomic E-state index is 0.136. The predicted molar refractivity (Wildman–Crippen MR) is 86.0 cm³/mol. The molecule has 0 atom stereocenters. The number of amides is 3. The molecule has 1 saturated heterocycles. The fourth-order valence-corrected chi connectivity index (χ4v) is 2.89. The minimum Gasteiger partial charge on any atom is -0.341 e. The maximum Gasteiger partial charge on any atom is 0.321 e. The molecule has 0 unspecified atom stereocenters. The van der Waals surface area contributed by atoms with Crippen molar-refractivity contribution in [3.63, 3.8) is 0 Å². The Labute approximate surface area is 135 Å². The number of rotatable bonds is 2. The SMILES string of the molecule is O=C(Nc1cccc(Cl)c1)N1CCCN(C(=O)C2CC2)CC1. The topological polar surface area (TPSA) is 52.7 Å². The van der Waals surface area contributed by atoms with Crippen LogP contribution in [0, 0.1) is 5.92 Å². The molecule has 1 N–H and O–H groups in total. The average molecular weight is 322 g/mol. The van der Waals surface area contributed by atoms with Crippen molar-refractivity contribution >= 4 is 29.2 Å². The monoisotopic (exact) mass is 321 g/mol. The Kier molecular flexibility index (Phi) is 4.52. The molecule has 118 valence electrons. The first-order chi connectivity index (χ1) is 10.6. The lowest BCUT2D eigenvalue weighted by molar-refractivity contribution is -0.132. The van der Waals surface area contributed by atoms with E-state index in [2.05, 4.69) is 5.32 Å². The lowest BCUT2D eigenvalue weighted by atomic mass is 10.3. The van der Waals surface area contributed by atoms with E-state index in [1.807, 2.05) is 11.0 Å². The van der Waals surface area contributed by atoms with Gasteiger partial charge in [0, 0.05) is 42.8 Å². The van der Waals surface area contributed by atoms with Gasteiger partial charge in [0.1, 0.15) is 0 Å². The van der Waals surface area contributed by atoms with Gasteiger partial charge in [0.2, 0.25) is 5.91 Å². The van der Waals surface area contributed by atoms with Crippen LogP contribution in [0.25, 0.3) is 0 Å². The van der Waals surface area contributed by atoms with Crippen molar-refractivity contribution in [2.24, 2.45) is 5.92 Å². The minimum atomic E-state index is -0.136. The molecule has 22 heavy (non-hydrogen) atoms. The number of hydrogen-bond donors (Lipinski definition) is 1. The van der Waals surface area contributed by atoms with Crippen molar-refractivity contribution < 1.29 is 9.59 Å². The van der Waals surface area contributed by atoms with Crippen LogP contribution in [0.4, 0.5) is 10.5 Å². The lowest BCUT2D eigenvalue weighted by Gasteiger charge is -2.22. The standard InChI is InChI=1S/C16H20ClN3O2/c17-13-3-1-4-14(11-13)18-16(22)20-8-2-7-19(9-10-20)15(21)12-5-6-12/h1,3-4,11-12H,2,5-10H2,(H,18,22). The lowest BCUT2D eigenvalue weighted by Crippen LogP contribution is -2.39. The summed E-state index contributed by atoms with van der Waals surface area (Å²) in [7, 11) is 0. The molecule has 1 aliphatic carbocycles. The number of carbonyl (C=O) groups excluding carboxylic acids is 2. The van der Waals surface area contributed by atoms with Gasteiger partial charge in [-0.3, -0.25) is 4.79 Å². The van der Waals surface area contributed by atoms with E-state index in [1.54, 1.807) is 23.1 Å². The van der Waals surface area contributed by atoms with Gasteiger partial charge in [0.15, 0.2) is 0 Å². The van der Waals surface area contributed by atoms with Crippen LogP contribution in [0.3, 0.4) is 0 Å². The highest BCUT2D eigenvalue weighted by Crippen LogP contribution is 2.31. The van der Waals surface area contributed by atoms with E-state index in [0.29, 0.717) is 30.3 Å². The third kappa shape index (κ3) is 3.71. The summed E-state index contributed by atoms with van der Waals surface area (Å²) >= 11 is 5.92. The molecule has 1 aliphatic heterocycles. The molecule has 6 heteroatoms. The van der Waals surface area contributed by atoms with Crippen LogP contribution in [0.5, 0.6) is 0 Å². The summed E-state index contributed by atoms with van der Waals surface area (Å²) in [5.74, 6) is 0.504. The first-order valence-electron chi connectivity index (χ1n) is 7.74. The summed E-state index contributed by atoms with van der Waals surface area (Å²) in [6.45, 7) is 2.61. The maximum atomic E-state index is 12.3. The molecule has 0 radical (unpaired) electrons. The van der Waals surface area contributed by atoms with Crippen LogP contribution >= 0.6 is 11.6 Å². The molecule has 2 fully saturated rings. The zero-order valence-electron chi connectivity index (χ0n) is 12.4. The number of halogens is 1. The van der Waals surface area contributed by atoms with Gasteiger partial charge in [-0.2, -0.15) is 0 Å². The smallest absolute Gasteiger partial charge is 0.321 e. The Morgan fingerprint density at radius 3 is 2.55 bits per heavy atom. The van der Waals surface area contributed by atoms with Gasteiger partial charge in [-0.05, 0) is 37.5 Å². The molecule has 5 nitrogen and oxygen atoms in total. The molecule has 1 aromatic carbocycles. The Bertz CT molecular complexity index is 574. The van der Waals surface area contributed by atoms with E-state index in [1.165, 1.54) is 0 Å². The van der Waals surface area contributed by atoms with Gasteiger partial charge in [-0.15, -0.1) is 0 Å². The van der Waals surface area contributed by atoms with Gasteiger partial charge >= 0.3 is 6.03 Å². The molecular weight excluding hydrogens is 302 g/mol. The molecule has 0 bridgehead atoms. The number of nitrogens with zero attached hydrogens (tertiary/aromatic N) is 2. The van der Waals surface area contributed by atoms with E-state index in [0.717, 1.165) is 25.8 Å². The second-order valence-corrected chi connectivity index (χ2v) is 6.32. The summed E-state index contributed by atoms with van der Waals surface area (Å²) in [6, 6.07) is 6.97. The van der Waals surface area contributed by atoms with Gasteiger partial charge in [-0.1, -0.05) is 17.7 Å². The summed E-state index contributed by atoms with van der Waals surface area (Å²) < 4.78 is 0. The quantitative estimate of drug-likeness (QED) is 0.910. The van der Waals surface area contributed by atoms with Crippen molar-refractivity contribution in [1.29, 1.82) is 0 Å². The van der Waals surface area contributed by atoms with E-state index in [9.17, 15) is 9.59 Å². The van der Waals surface area contributed by atoms with E-state index in [4.69, 9.17) is 11.6 Å². The van der Waals surface area contributed by atoms with Crippen LogP contribution in [-0.4, -0.2) is 47.9 Å². The van der Waals surface area contributed by atoms with Crippen molar-refractivity contribution in [2.45, 2.75) is 19.3 Å². The van der Waals surface area contributed by atoms with Crippen molar-refractivity contribution in [2.75, 3.05) is 31.5 Å². The van der Waals surface area contributed by atoms with Crippen LogP contribution in [0.15, 0.2) is 24.3 Å². The highest BCUT2D eigenvalue weighted by atomic mass is 35.5. The summed E-state index contributed by atoms with van der Waals surface area (Å²) in [5.41, 5.74) is 0.688. The summed E-state index contributed by atoms with van der Waals surface area (Å²) in [5, 5.41) is 3.45. The second kappa shape index (κ2) is 6.57. The highest BCUT2D eigenvalue weighted by Gasteiger charge is 2.34. The van der Waals surface area contributed by atoms with E-state index >= 15 is 0 Å². The fourth-order valence-electron chi connectivity index (χ4n) is 2.70. The van der Waals surface area contributed by atoms with Gasteiger partial charge in [0.25, 0.3) is 0 Å². The number of hydrogen-bond acceptors (Lipinski definition) is 2. The zero-order chi connectivity index (χ0) is 15.5. The van der Waals surface area contributed by atoms with Crippen molar-refractivity contribution in [3.8, 4) is 0 Å². The Morgan fingerprint density at radius 2 is 1.82 bits per heavy atom. The highest BCUT2D eigenvalue weighted by molar-refractivity contribution is 6.30. The van der Waals surface area contributed by atoms with E-state index < -0.39 is 0 Å². The zero-order valence-corrected chi connectivity index (χ0v) is 13.2. The van der Waals surface area contributed by atoms with Crippen molar-refractivity contribution in [3.05, 3.63) is 29.3 Å². The summed E-state index contributed by atoms with van der Waals surface area (Å²) in [6.07, 6.45) is 2.87. The molecule has 0 aromatic heterocycles. The third-order valence-corrected chi connectivity index (χ3v) is 4.33. The maximum absolute atomic E-state index is 12.3. The normalized spacial score (nSPS) is 18.8. The van der Waals surface area contributed by atoms with Crippen LogP contribution < -0.4 is 5.32 Å². The van der Waals surface area contributed by atoms with E-state index in [-0.39, 0.29) is 17.9 Å². The van der Waals surface area contributed by atoms with Crippen LogP contribution in [0.1, 0.15) is 19.3 Å². The number of anilines is 1. The fraction of sp³-hybridized carbons (Fsp3) is 0.500. The van der Waals surface area contributed by atoms with Crippen LogP contribution in [0.2, 0.25) is 5.02 Å². The molecule has 1 heterocycles. The molecule has 3 amide bonds. The number of benzene rings is 1. The molecule has 0 spiro atoms. The van der Waals surface area contributed by atoms with Crippen LogP contribution in [-0.2, 0) is 4.79 Å². The molecular formula is C16H20ClN3O2. The Hall–Kier alpha value is -1.75. The predicted octanol–water partition coefficient (Wildman–Crippen LogP) is 2.82. The Balaban J connectivity index is 1.55. The third-order valence-electron chi connectivity index (χ3n) is 4.10. The number of urea groups is 1. The Morgan fingerprint density at radius 1 is 1.09 bits per heavy atom. The molecule has 2 aliphatic rings. The average Bonchev–Trinajstić information content (AvgIpc) is 3.33. The summed E-state index contributed by atoms with van der Waals surface area (Å²) in [4.78, 5) is 28.1. The first kappa shape index (κ1) is 15.2. The van der Waals surface area contributed by atoms with Gasteiger partial charge in [0.05, 0.1) is 0 Å². The number of carbonyl (C=O) groups is 2. The molecule has 1 saturated carbocycles. The largest absolute Gasteiger partial charge is 0.341 e. The van der Waals surface area contributed by atoms with Gasteiger partial charge < -0.3 is 15.1 Å². The molecule has 1 aromatic rings. The first-order valence-corrected chi connectivity index (χ1v) is 8.11. The van der Waals surface area contributed by atoms with Gasteiger partial charge in [-0.25, -0.2) is 4.79 Å². The second-order valence-electron chi connectivity index (χ2n) is 5.88. The molecule has 3 rings (SSSR count). The van der Waals surface area contributed by atoms with Crippen molar-refractivity contribution in [1.82, 2.24) is 9.80 Å².